The second-order valence-electron chi connectivity index (χ2n) is 7.68. The maximum absolute atomic E-state index is 13.5. The lowest BCUT2D eigenvalue weighted by Crippen LogP contribution is -2.39. The number of halogens is 1. The zero-order valence-electron chi connectivity index (χ0n) is 17.8. The van der Waals surface area contributed by atoms with Crippen molar-refractivity contribution in [3.05, 3.63) is 72.7 Å². The maximum atomic E-state index is 13.5. The third-order valence-corrected chi connectivity index (χ3v) is 5.42. The number of amides is 1. The zero-order chi connectivity index (χ0) is 22.6. The van der Waals surface area contributed by atoms with Gasteiger partial charge in [0.1, 0.15) is 23.0 Å². The van der Waals surface area contributed by atoms with Gasteiger partial charge in [-0.3, -0.25) is 0 Å². The van der Waals surface area contributed by atoms with Gasteiger partial charge in [-0.15, -0.1) is 5.10 Å². The molecule has 1 fully saturated rings. The molecule has 0 bridgehead atoms. The van der Waals surface area contributed by atoms with Crippen LogP contribution in [0.5, 0.6) is 11.8 Å². The van der Waals surface area contributed by atoms with Gasteiger partial charge in [0.25, 0.3) is 0 Å². The minimum Gasteiger partial charge on any atom is -0.424 e. The lowest BCUT2D eigenvalue weighted by atomic mass is 10.1. The molecule has 1 aliphatic rings. The van der Waals surface area contributed by atoms with Crippen molar-refractivity contribution in [3.63, 3.8) is 0 Å². The van der Waals surface area contributed by atoms with Crippen molar-refractivity contribution in [2.75, 3.05) is 13.1 Å². The highest BCUT2D eigenvalue weighted by molar-refractivity contribution is 5.86. The van der Waals surface area contributed by atoms with E-state index < -0.39 is 0 Å². The van der Waals surface area contributed by atoms with E-state index in [9.17, 15) is 9.18 Å². The zero-order valence-corrected chi connectivity index (χ0v) is 17.8. The number of ether oxygens (including phenoxy) is 1. The Morgan fingerprint density at radius 1 is 0.939 bits per heavy atom. The molecule has 3 heterocycles. The number of carbonyl (C=O) groups is 1. The van der Waals surface area contributed by atoms with Crippen LogP contribution in [-0.2, 0) is 0 Å². The fraction of sp³-hybridized carbons (Fsp3) is 0.208. The van der Waals surface area contributed by atoms with E-state index >= 15 is 0 Å². The lowest BCUT2D eigenvalue weighted by molar-refractivity contribution is 0.185. The Morgan fingerprint density at radius 2 is 1.70 bits per heavy atom. The Kier molecular flexibility index (Phi) is 5.75. The van der Waals surface area contributed by atoms with Gasteiger partial charge in [-0.25, -0.2) is 14.2 Å². The number of hydrogen-bond acceptors (Lipinski definition) is 6. The summed E-state index contributed by atoms with van der Waals surface area (Å²) in [7, 11) is 0. The Balaban J connectivity index is 1.58. The number of para-hydroxylation sites is 1. The third kappa shape index (κ3) is 4.43. The average Bonchev–Trinajstić information content (AvgIpc) is 3.30. The van der Waals surface area contributed by atoms with E-state index in [0.717, 1.165) is 19.3 Å². The molecule has 1 amide bonds. The Hall–Kier alpha value is -4.14. The molecular formula is C24H21FN6O2. The van der Waals surface area contributed by atoms with Crippen molar-refractivity contribution in [1.29, 1.82) is 0 Å². The molecule has 0 unspecified atom stereocenters. The molecule has 2 aromatic heterocycles. The predicted molar refractivity (Wildman–Crippen MR) is 119 cm³/mol. The summed E-state index contributed by atoms with van der Waals surface area (Å²) in [6.07, 6.45) is 4.55. The molecule has 0 aliphatic carbocycles. The van der Waals surface area contributed by atoms with Crippen LogP contribution < -0.4 is 4.74 Å². The van der Waals surface area contributed by atoms with Crippen LogP contribution in [0.25, 0.3) is 22.6 Å². The number of piperidine rings is 1. The van der Waals surface area contributed by atoms with Crippen LogP contribution >= 0.6 is 0 Å². The number of carbonyl (C=O) groups excluding carboxylic acids is 1. The topological polar surface area (TPSA) is 86.0 Å². The summed E-state index contributed by atoms with van der Waals surface area (Å²) in [5.74, 6) is 0.224. The van der Waals surface area contributed by atoms with Gasteiger partial charge in [0.2, 0.25) is 0 Å². The van der Waals surface area contributed by atoms with Gasteiger partial charge in [0.05, 0.1) is 5.69 Å². The van der Waals surface area contributed by atoms with Crippen molar-refractivity contribution in [2.45, 2.75) is 19.3 Å². The first kappa shape index (κ1) is 20.7. The Bertz CT molecular complexity index is 1250. The number of aromatic nitrogens is 5. The SMILES string of the molecule is O=C(N1CCCCC1)n1nnc(-c2ccc(F)cc2)c1-c1ccnc(Oc2ccccc2)n1. The average molecular weight is 444 g/mol. The number of rotatable bonds is 4. The monoisotopic (exact) mass is 444 g/mol. The molecule has 1 aliphatic heterocycles. The van der Waals surface area contributed by atoms with Gasteiger partial charge in [0.15, 0.2) is 0 Å². The number of hydrogen-bond donors (Lipinski definition) is 0. The molecule has 5 rings (SSSR count). The molecule has 0 atom stereocenters. The third-order valence-electron chi connectivity index (χ3n) is 5.42. The standard InChI is InChI=1S/C24H21FN6O2/c25-18-11-9-17(10-12-18)21-22(31(29-28-21)24(32)30-15-5-2-6-16-30)20-13-14-26-23(27-20)33-19-7-3-1-4-8-19/h1,3-4,7-14H,2,5-6,15-16H2. The second kappa shape index (κ2) is 9.15. The van der Waals surface area contributed by atoms with Gasteiger partial charge in [-0.2, -0.15) is 9.67 Å². The minimum atomic E-state index is -0.363. The smallest absolute Gasteiger partial charge is 0.346 e. The van der Waals surface area contributed by atoms with Gasteiger partial charge in [-0.1, -0.05) is 23.4 Å². The molecule has 9 heteroatoms. The summed E-state index contributed by atoms with van der Waals surface area (Å²) in [5, 5.41) is 8.42. The van der Waals surface area contributed by atoms with Crippen LogP contribution in [0.2, 0.25) is 0 Å². The molecule has 0 radical (unpaired) electrons. The van der Waals surface area contributed by atoms with E-state index in [4.69, 9.17) is 4.74 Å². The molecule has 166 valence electrons. The Morgan fingerprint density at radius 3 is 2.45 bits per heavy atom. The highest BCUT2D eigenvalue weighted by atomic mass is 19.1. The van der Waals surface area contributed by atoms with Gasteiger partial charge >= 0.3 is 12.0 Å². The highest BCUT2D eigenvalue weighted by Gasteiger charge is 2.27. The van der Waals surface area contributed by atoms with E-state index in [1.165, 1.54) is 16.8 Å². The van der Waals surface area contributed by atoms with E-state index in [1.807, 2.05) is 18.2 Å². The first-order valence-corrected chi connectivity index (χ1v) is 10.8. The van der Waals surface area contributed by atoms with Crippen molar-refractivity contribution >= 4 is 6.03 Å². The molecule has 0 saturated carbocycles. The summed E-state index contributed by atoms with van der Waals surface area (Å²) in [6.45, 7) is 1.33. The van der Waals surface area contributed by atoms with E-state index in [2.05, 4.69) is 20.3 Å². The van der Waals surface area contributed by atoms with Crippen molar-refractivity contribution in [3.8, 4) is 34.4 Å². The van der Waals surface area contributed by atoms with Crippen LogP contribution in [0, 0.1) is 5.82 Å². The van der Waals surface area contributed by atoms with Crippen LogP contribution in [-0.4, -0.2) is 49.0 Å². The van der Waals surface area contributed by atoms with Gasteiger partial charge in [-0.05, 0) is 61.7 Å². The van der Waals surface area contributed by atoms with Crippen LogP contribution in [0.4, 0.5) is 9.18 Å². The van der Waals surface area contributed by atoms with Crippen molar-refractivity contribution < 1.29 is 13.9 Å². The fourth-order valence-electron chi connectivity index (χ4n) is 3.78. The molecule has 0 N–H and O–H groups in total. The van der Waals surface area contributed by atoms with Gasteiger partial charge in [0, 0.05) is 24.8 Å². The number of benzene rings is 2. The Labute approximate surface area is 189 Å². The predicted octanol–water partition coefficient (Wildman–Crippen LogP) is 4.79. The molecule has 33 heavy (non-hydrogen) atoms. The summed E-state index contributed by atoms with van der Waals surface area (Å²) < 4.78 is 20.6. The van der Waals surface area contributed by atoms with Crippen LogP contribution in [0.1, 0.15) is 19.3 Å². The molecule has 2 aromatic carbocycles. The molecule has 0 spiro atoms. The quantitative estimate of drug-likeness (QED) is 0.450. The molecule has 4 aromatic rings. The molecule has 8 nitrogen and oxygen atoms in total. The summed E-state index contributed by atoms with van der Waals surface area (Å²) in [5.41, 5.74) is 1.86. The fourth-order valence-corrected chi connectivity index (χ4v) is 3.78. The number of likely N-dealkylation sites (tertiary alicyclic amines) is 1. The number of nitrogens with zero attached hydrogens (tertiary/aromatic N) is 6. The van der Waals surface area contributed by atoms with Crippen molar-refractivity contribution in [1.82, 2.24) is 29.9 Å². The van der Waals surface area contributed by atoms with Crippen LogP contribution in [0.15, 0.2) is 66.9 Å². The van der Waals surface area contributed by atoms with E-state index in [1.54, 1.807) is 41.4 Å². The molecular weight excluding hydrogens is 423 g/mol. The first-order chi connectivity index (χ1) is 16.2. The summed E-state index contributed by atoms with van der Waals surface area (Å²) in [4.78, 5) is 23.8. The summed E-state index contributed by atoms with van der Waals surface area (Å²) >= 11 is 0. The van der Waals surface area contributed by atoms with E-state index in [-0.39, 0.29) is 17.9 Å². The minimum absolute atomic E-state index is 0.127. The lowest BCUT2D eigenvalue weighted by Gasteiger charge is -2.26. The highest BCUT2D eigenvalue weighted by Crippen LogP contribution is 2.31. The van der Waals surface area contributed by atoms with Crippen molar-refractivity contribution in [2.24, 2.45) is 0 Å². The summed E-state index contributed by atoms with van der Waals surface area (Å²) in [6, 6.07) is 16.6. The largest absolute Gasteiger partial charge is 0.424 e. The normalized spacial score (nSPS) is 13.7. The van der Waals surface area contributed by atoms with E-state index in [0.29, 0.717) is 41.5 Å². The van der Waals surface area contributed by atoms with Gasteiger partial charge < -0.3 is 9.64 Å². The second-order valence-corrected chi connectivity index (χ2v) is 7.68. The molecule has 1 saturated heterocycles. The van der Waals surface area contributed by atoms with Crippen LogP contribution in [0.3, 0.4) is 0 Å². The maximum Gasteiger partial charge on any atom is 0.346 e. The first-order valence-electron chi connectivity index (χ1n) is 10.8.